The van der Waals surface area contributed by atoms with Crippen molar-refractivity contribution >= 4 is 10.0 Å². The zero-order valence-corrected chi connectivity index (χ0v) is 14.4. The lowest BCUT2D eigenvalue weighted by molar-refractivity contribution is 0.270. The number of hydrogen-bond donors (Lipinski definition) is 2. The maximum absolute atomic E-state index is 12.8. The molecule has 1 rings (SSSR count). The molecular weight excluding hydrogens is 286 g/mol. The summed E-state index contributed by atoms with van der Waals surface area (Å²) in [5.74, 6) is 0. The highest BCUT2D eigenvalue weighted by molar-refractivity contribution is 7.89. The molecule has 120 valence electrons. The van der Waals surface area contributed by atoms with Crippen LogP contribution in [0.4, 0.5) is 0 Å². The molecular formula is C15H27N3O2S. The van der Waals surface area contributed by atoms with E-state index < -0.39 is 15.6 Å². The normalized spacial score (nSPS) is 13.1. The SMILES string of the molecule is C=CCN(C(C)(C)C)S(=O)(=O)c1c[nH]c(CNC(C)C)c1. The molecule has 6 heteroatoms. The van der Waals surface area contributed by atoms with Crippen LogP contribution in [0, 0.1) is 0 Å². The summed E-state index contributed by atoms with van der Waals surface area (Å²) in [4.78, 5) is 3.31. The van der Waals surface area contributed by atoms with Crippen molar-refractivity contribution in [1.29, 1.82) is 0 Å². The van der Waals surface area contributed by atoms with Crippen LogP contribution in [-0.4, -0.2) is 35.8 Å². The Labute approximate surface area is 128 Å². The zero-order valence-electron chi connectivity index (χ0n) is 13.6. The third kappa shape index (κ3) is 4.69. The topological polar surface area (TPSA) is 65.2 Å². The molecule has 2 N–H and O–H groups in total. The monoisotopic (exact) mass is 313 g/mol. The summed E-state index contributed by atoms with van der Waals surface area (Å²) in [7, 11) is -3.54. The van der Waals surface area contributed by atoms with E-state index in [1.165, 1.54) is 4.31 Å². The molecule has 0 unspecified atom stereocenters. The Balaban J connectivity index is 3.03. The minimum atomic E-state index is -3.54. The van der Waals surface area contributed by atoms with Crippen LogP contribution in [-0.2, 0) is 16.6 Å². The van der Waals surface area contributed by atoms with Gasteiger partial charge in [0.25, 0.3) is 0 Å². The van der Waals surface area contributed by atoms with Crippen molar-refractivity contribution in [2.45, 2.75) is 57.6 Å². The number of aromatic nitrogens is 1. The van der Waals surface area contributed by atoms with Gasteiger partial charge in [-0.15, -0.1) is 6.58 Å². The highest BCUT2D eigenvalue weighted by Gasteiger charge is 2.33. The van der Waals surface area contributed by atoms with Crippen molar-refractivity contribution < 1.29 is 8.42 Å². The van der Waals surface area contributed by atoms with E-state index in [4.69, 9.17) is 0 Å². The van der Waals surface area contributed by atoms with E-state index in [0.717, 1.165) is 5.69 Å². The lowest BCUT2D eigenvalue weighted by Gasteiger charge is -2.33. The number of hydrogen-bond acceptors (Lipinski definition) is 3. The predicted molar refractivity (Wildman–Crippen MR) is 86.6 cm³/mol. The van der Waals surface area contributed by atoms with Crippen molar-refractivity contribution in [1.82, 2.24) is 14.6 Å². The Morgan fingerprint density at radius 1 is 1.43 bits per heavy atom. The van der Waals surface area contributed by atoms with Gasteiger partial charge in [-0.05, 0) is 26.8 Å². The smallest absolute Gasteiger partial charge is 0.245 e. The standard InChI is InChI=1S/C15H27N3O2S/c1-7-8-18(15(4,5)6)21(19,20)14-9-13(17-11-14)10-16-12(2)3/h7,9,11-12,16-17H,1,8,10H2,2-6H3. The van der Waals surface area contributed by atoms with Crippen molar-refractivity contribution in [3.63, 3.8) is 0 Å². The fourth-order valence-corrected chi connectivity index (χ4v) is 3.74. The van der Waals surface area contributed by atoms with E-state index in [9.17, 15) is 8.42 Å². The second kappa shape index (κ2) is 6.77. The fourth-order valence-electron chi connectivity index (χ4n) is 1.96. The van der Waals surface area contributed by atoms with Gasteiger partial charge < -0.3 is 10.3 Å². The first-order valence-corrected chi connectivity index (χ1v) is 8.57. The second-order valence-corrected chi connectivity index (χ2v) is 8.25. The molecule has 5 nitrogen and oxygen atoms in total. The van der Waals surface area contributed by atoms with Crippen molar-refractivity contribution in [3.05, 3.63) is 30.6 Å². The number of nitrogens with zero attached hydrogens (tertiary/aromatic N) is 1. The summed E-state index contributed by atoms with van der Waals surface area (Å²) >= 11 is 0. The summed E-state index contributed by atoms with van der Waals surface area (Å²) in [6.45, 7) is 14.3. The average Bonchev–Trinajstić information content (AvgIpc) is 2.81. The Morgan fingerprint density at radius 3 is 2.52 bits per heavy atom. The molecule has 1 heterocycles. The first-order chi connectivity index (χ1) is 9.59. The van der Waals surface area contributed by atoms with E-state index in [-0.39, 0.29) is 6.54 Å². The molecule has 0 saturated heterocycles. The van der Waals surface area contributed by atoms with Gasteiger partial charge in [0.05, 0.1) is 4.90 Å². The van der Waals surface area contributed by atoms with Gasteiger partial charge in [-0.3, -0.25) is 0 Å². The zero-order chi connectivity index (χ0) is 16.3. The predicted octanol–water partition coefficient (Wildman–Crippen LogP) is 2.49. The van der Waals surface area contributed by atoms with E-state index in [0.29, 0.717) is 17.5 Å². The van der Waals surface area contributed by atoms with Crippen LogP contribution in [0.5, 0.6) is 0 Å². The molecule has 0 spiro atoms. The second-order valence-electron chi connectivity index (χ2n) is 6.39. The summed E-state index contributed by atoms with van der Waals surface area (Å²) in [5.41, 5.74) is 0.357. The number of rotatable bonds is 7. The van der Waals surface area contributed by atoms with Gasteiger partial charge in [0, 0.05) is 36.6 Å². The summed E-state index contributed by atoms with van der Waals surface area (Å²) < 4.78 is 27.0. The molecule has 0 saturated carbocycles. The summed E-state index contributed by atoms with van der Waals surface area (Å²) in [6, 6.07) is 2.03. The van der Waals surface area contributed by atoms with E-state index in [2.05, 4.69) is 16.9 Å². The van der Waals surface area contributed by atoms with Crippen LogP contribution in [0.2, 0.25) is 0 Å². The molecule has 0 aliphatic rings. The Bertz CT molecular complexity index is 568. The average molecular weight is 313 g/mol. The van der Waals surface area contributed by atoms with Gasteiger partial charge in [-0.25, -0.2) is 8.42 Å². The molecule has 0 aliphatic heterocycles. The molecule has 21 heavy (non-hydrogen) atoms. The van der Waals surface area contributed by atoms with Crippen LogP contribution >= 0.6 is 0 Å². The molecule has 0 atom stereocenters. The van der Waals surface area contributed by atoms with Crippen LogP contribution in [0.1, 0.15) is 40.3 Å². The van der Waals surface area contributed by atoms with Gasteiger partial charge in [0.15, 0.2) is 0 Å². The van der Waals surface area contributed by atoms with Crippen molar-refractivity contribution in [3.8, 4) is 0 Å². The largest absolute Gasteiger partial charge is 0.363 e. The summed E-state index contributed by atoms with van der Waals surface area (Å²) in [6.07, 6.45) is 3.16. The van der Waals surface area contributed by atoms with Gasteiger partial charge in [-0.1, -0.05) is 19.9 Å². The quantitative estimate of drug-likeness (QED) is 0.760. The van der Waals surface area contributed by atoms with E-state index in [1.54, 1.807) is 18.3 Å². The lowest BCUT2D eigenvalue weighted by atomic mass is 10.1. The number of aromatic amines is 1. The Morgan fingerprint density at radius 2 is 2.05 bits per heavy atom. The Kier molecular flexibility index (Phi) is 5.78. The number of sulfonamides is 1. The molecule has 0 radical (unpaired) electrons. The molecule has 1 aromatic rings. The molecule has 0 amide bonds. The van der Waals surface area contributed by atoms with Crippen LogP contribution in [0.3, 0.4) is 0 Å². The van der Waals surface area contributed by atoms with Gasteiger partial charge in [-0.2, -0.15) is 4.31 Å². The van der Waals surface area contributed by atoms with E-state index in [1.807, 2.05) is 34.6 Å². The third-order valence-corrected chi connectivity index (χ3v) is 5.16. The maximum atomic E-state index is 12.8. The molecule has 0 aromatic carbocycles. The van der Waals surface area contributed by atoms with E-state index >= 15 is 0 Å². The van der Waals surface area contributed by atoms with Gasteiger partial charge >= 0.3 is 0 Å². The first-order valence-electron chi connectivity index (χ1n) is 7.13. The van der Waals surface area contributed by atoms with Crippen LogP contribution in [0.25, 0.3) is 0 Å². The van der Waals surface area contributed by atoms with Gasteiger partial charge in [0.2, 0.25) is 10.0 Å². The van der Waals surface area contributed by atoms with Gasteiger partial charge in [0.1, 0.15) is 0 Å². The highest BCUT2D eigenvalue weighted by Crippen LogP contribution is 2.24. The van der Waals surface area contributed by atoms with Crippen LogP contribution < -0.4 is 5.32 Å². The number of H-pyrrole nitrogens is 1. The maximum Gasteiger partial charge on any atom is 0.245 e. The van der Waals surface area contributed by atoms with Crippen LogP contribution in [0.15, 0.2) is 29.8 Å². The first kappa shape index (κ1) is 17.9. The minimum Gasteiger partial charge on any atom is -0.363 e. The van der Waals surface area contributed by atoms with Crippen molar-refractivity contribution in [2.75, 3.05) is 6.54 Å². The lowest BCUT2D eigenvalue weighted by Crippen LogP contribution is -2.45. The Hall–Kier alpha value is -1.11. The highest BCUT2D eigenvalue weighted by atomic mass is 32.2. The molecule has 0 bridgehead atoms. The van der Waals surface area contributed by atoms with Crippen molar-refractivity contribution in [2.24, 2.45) is 0 Å². The third-order valence-electron chi connectivity index (χ3n) is 3.05. The number of nitrogens with one attached hydrogen (secondary N) is 2. The minimum absolute atomic E-state index is 0.288. The molecule has 0 fully saturated rings. The molecule has 0 aliphatic carbocycles. The summed E-state index contributed by atoms with van der Waals surface area (Å²) in [5, 5.41) is 3.26. The fraction of sp³-hybridized carbons (Fsp3) is 0.600. The molecule has 1 aromatic heterocycles.